The fraction of sp³-hybridized carbons (Fsp3) is 0. The van der Waals surface area contributed by atoms with Gasteiger partial charge in [-0.05, 0) is 46.3 Å². The fourth-order valence-corrected chi connectivity index (χ4v) is 1.89. The van der Waals surface area contributed by atoms with E-state index in [0.29, 0.717) is 21.7 Å². The maximum atomic E-state index is 5.97. The molecule has 5 heteroatoms. The lowest BCUT2D eigenvalue weighted by Gasteiger charge is -2.06. The molecule has 0 fully saturated rings. The number of halogens is 3. The lowest BCUT2D eigenvalue weighted by atomic mass is 10.3. The van der Waals surface area contributed by atoms with Crippen LogP contribution in [0, 0.1) is 0 Å². The first kappa shape index (κ1) is 11.7. The molecular formula is C11H6BrCl2NO. The molecule has 2 aromatic rings. The first-order valence-electron chi connectivity index (χ1n) is 4.39. The monoisotopic (exact) mass is 317 g/mol. The molecule has 0 radical (unpaired) electrons. The molecule has 0 bridgehead atoms. The lowest BCUT2D eigenvalue weighted by Crippen LogP contribution is -1.88. The fourth-order valence-electron chi connectivity index (χ4n) is 1.09. The molecule has 0 atom stereocenters. The van der Waals surface area contributed by atoms with Crippen LogP contribution in [0.15, 0.2) is 41.0 Å². The zero-order valence-electron chi connectivity index (χ0n) is 7.95. The maximum Gasteiger partial charge on any atom is 0.238 e. The zero-order valence-corrected chi connectivity index (χ0v) is 11.1. The highest BCUT2D eigenvalue weighted by Crippen LogP contribution is 2.29. The molecule has 0 unspecified atom stereocenters. The molecule has 0 N–H and O–H groups in total. The van der Waals surface area contributed by atoms with Gasteiger partial charge in [-0.2, -0.15) is 0 Å². The van der Waals surface area contributed by atoms with Crippen molar-refractivity contribution < 1.29 is 4.74 Å². The predicted octanol–water partition coefficient (Wildman–Crippen LogP) is 4.94. The summed E-state index contributed by atoms with van der Waals surface area (Å²) in [6.45, 7) is 0. The minimum absolute atomic E-state index is 0.368. The molecular weight excluding hydrogens is 313 g/mol. The molecule has 0 saturated carbocycles. The third-order valence-electron chi connectivity index (χ3n) is 1.80. The van der Waals surface area contributed by atoms with E-state index in [1.54, 1.807) is 36.5 Å². The predicted molar refractivity (Wildman–Crippen MR) is 68.5 cm³/mol. The van der Waals surface area contributed by atoms with Crippen molar-refractivity contribution in [2.45, 2.75) is 0 Å². The Morgan fingerprint density at radius 1 is 1.12 bits per heavy atom. The van der Waals surface area contributed by atoms with E-state index in [-0.39, 0.29) is 0 Å². The topological polar surface area (TPSA) is 22.1 Å². The molecule has 1 heterocycles. The summed E-state index contributed by atoms with van der Waals surface area (Å²) in [6, 6.07) is 8.71. The summed E-state index contributed by atoms with van der Waals surface area (Å²) in [6.07, 6.45) is 1.62. The van der Waals surface area contributed by atoms with Crippen LogP contribution >= 0.6 is 39.1 Å². The van der Waals surface area contributed by atoms with Gasteiger partial charge in [-0.15, -0.1) is 0 Å². The van der Waals surface area contributed by atoms with Gasteiger partial charge in [0.25, 0.3) is 0 Å². The van der Waals surface area contributed by atoms with E-state index in [9.17, 15) is 0 Å². The average molecular weight is 319 g/mol. The molecule has 2 rings (SSSR count). The van der Waals surface area contributed by atoms with Crippen molar-refractivity contribution in [3.63, 3.8) is 0 Å². The first-order chi connectivity index (χ1) is 7.65. The van der Waals surface area contributed by atoms with E-state index in [0.717, 1.165) is 4.47 Å². The summed E-state index contributed by atoms with van der Waals surface area (Å²) >= 11 is 15.0. The van der Waals surface area contributed by atoms with E-state index < -0.39 is 0 Å². The minimum atomic E-state index is 0.368. The second-order valence-corrected chi connectivity index (χ2v) is 4.76. The second-order valence-electron chi connectivity index (χ2n) is 3.00. The van der Waals surface area contributed by atoms with Gasteiger partial charge in [0.15, 0.2) is 0 Å². The minimum Gasteiger partial charge on any atom is -0.438 e. The van der Waals surface area contributed by atoms with E-state index in [4.69, 9.17) is 27.9 Å². The van der Waals surface area contributed by atoms with Crippen LogP contribution in [0.25, 0.3) is 0 Å². The SMILES string of the molecule is Clc1ccc(Oc2ncc(Br)cc2Cl)cc1. The Balaban J connectivity index is 2.23. The summed E-state index contributed by atoms with van der Waals surface area (Å²) in [5, 5.41) is 1.10. The third kappa shape index (κ3) is 2.88. The molecule has 1 aromatic carbocycles. The molecule has 0 amide bonds. The van der Waals surface area contributed by atoms with Gasteiger partial charge in [0.05, 0.1) is 0 Å². The largest absolute Gasteiger partial charge is 0.438 e. The highest BCUT2D eigenvalue weighted by Gasteiger charge is 2.05. The number of benzene rings is 1. The Morgan fingerprint density at radius 3 is 2.44 bits per heavy atom. The summed E-state index contributed by atoms with van der Waals surface area (Å²) in [4.78, 5) is 4.06. The van der Waals surface area contributed by atoms with Crippen molar-refractivity contribution in [1.82, 2.24) is 4.98 Å². The number of ether oxygens (including phenoxy) is 1. The molecule has 0 aliphatic heterocycles. The number of aromatic nitrogens is 1. The normalized spacial score (nSPS) is 10.2. The van der Waals surface area contributed by atoms with Crippen LogP contribution in [-0.2, 0) is 0 Å². The molecule has 16 heavy (non-hydrogen) atoms. The number of hydrogen-bond donors (Lipinski definition) is 0. The standard InChI is InChI=1S/C11H6BrCl2NO/c12-7-5-10(14)11(15-6-7)16-9-3-1-8(13)2-4-9/h1-6H. The number of nitrogens with zero attached hydrogens (tertiary/aromatic N) is 1. The quantitative estimate of drug-likeness (QED) is 0.782. The van der Waals surface area contributed by atoms with E-state index in [1.807, 2.05) is 0 Å². The summed E-state index contributed by atoms with van der Waals surface area (Å²) < 4.78 is 6.30. The van der Waals surface area contributed by atoms with Crippen LogP contribution in [0.1, 0.15) is 0 Å². The summed E-state index contributed by atoms with van der Waals surface area (Å²) in [5.41, 5.74) is 0. The lowest BCUT2D eigenvalue weighted by molar-refractivity contribution is 0.463. The second kappa shape index (κ2) is 5.04. The van der Waals surface area contributed by atoms with Gasteiger partial charge in [0, 0.05) is 15.7 Å². The van der Waals surface area contributed by atoms with Crippen molar-refractivity contribution >= 4 is 39.1 Å². The molecule has 2 nitrogen and oxygen atoms in total. The zero-order chi connectivity index (χ0) is 11.5. The highest BCUT2D eigenvalue weighted by atomic mass is 79.9. The molecule has 0 spiro atoms. The van der Waals surface area contributed by atoms with Gasteiger partial charge in [0.2, 0.25) is 5.88 Å². The van der Waals surface area contributed by atoms with Crippen LogP contribution in [0.2, 0.25) is 10.0 Å². The Kier molecular flexibility index (Phi) is 3.69. The van der Waals surface area contributed by atoms with Crippen molar-refractivity contribution in [1.29, 1.82) is 0 Å². The number of rotatable bonds is 2. The summed E-state index contributed by atoms with van der Waals surface area (Å²) in [7, 11) is 0. The van der Waals surface area contributed by atoms with Crippen molar-refractivity contribution in [2.75, 3.05) is 0 Å². The molecule has 0 saturated heterocycles. The molecule has 82 valence electrons. The van der Waals surface area contributed by atoms with Crippen LogP contribution in [-0.4, -0.2) is 4.98 Å². The van der Waals surface area contributed by atoms with E-state index in [1.165, 1.54) is 0 Å². The van der Waals surface area contributed by atoms with Gasteiger partial charge in [0.1, 0.15) is 10.8 Å². The van der Waals surface area contributed by atoms with Gasteiger partial charge in [-0.25, -0.2) is 4.98 Å². The van der Waals surface area contributed by atoms with Gasteiger partial charge < -0.3 is 4.74 Å². The average Bonchev–Trinajstić information content (AvgIpc) is 2.25. The van der Waals surface area contributed by atoms with Crippen LogP contribution < -0.4 is 4.74 Å². The number of pyridine rings is 1. The Bertz CT molecular complexity index is 502. The van der Waals surface area contributed by atoms with Crippen molar-refractivity contribution in [3.05, 3.63) is 51.0 Å². The molecule has 0 aliphatic carbocycles. The smallest absolute Gasteiger partial charge is 0.238 e. The maximum absolute atomic E-state index is 5.97. The molecule has 0 aliphatic rings. The highest BCUT2D eigenvalue weighted by molar-refractivity contribution is 9.10. The van der Waals surface area contributed by atoms with Gasteiger partial charge in [-0.1, -0.05) is 23.2 Å². The van der Waals surface area contributed by atoms with E-state index >= 15 is 0 Å². The first-order valence-corrected chi connectivity index (χ1v) is 5.94. The van der Waals surface area contributed by atoms with Crippen molar-refractivity contribution in [2.24, 2.45) is 0 Å². The van der Waals surface area contributed by atoms with E-state index in [2.05, 4.69) is 20.9 Å². The van der Waals surface area contributed by atoms with Crippen LogP contribution in [0.4, 0.5) is 0 Å². The van der Waals surface area contributed by atoms with Crippen molar-refractivity contribution in [3.8, 4) is 11.6 Å². The number of hydrogen-bond acceptors (Lipinski definition) is 2. The van der Waals surface area contributed by atoms with Gasteiger partial charge >= 0.3 is 0 Å². The Labute approximate surface area is 111 Å². The Hall–Kier alpha value is -0.770. The van der Waals surface area contributed by atoms with Crippen LogP contribution in [0.3, 0.4) is 0 Å². The third-order valence-corrected chi connectivity index (χ3v) is 2.76. The molecule has 1 aromatic heterocycles. The summed E-state index contributed by atoms with van der Waals surface area (Å²) in [5.74, 6) is 1.01. The Morgan fingerprint density at radius 2 is 1.81 bits per heavy atom. The van der Waals surface area contributed by atoms with Gasteiger partial charge in [-0.3, -0.25) is 0 Å². The van der Waals surface area contributed by atoms with Crippen LogP contribution in [0.5, 0.6) is 11.6 Å².